The number of hydrogen-bond acceptors (Lipinski definition) is 9. The van der Waals surface area contributed by atoms with E-state index in [1.165, 1.54) is 6.20 Å². The second-order valence-corrected chi connectivity index (χ2v) is 10.1. The third-order valence-electron chi connectivity index (χ3n) is 5.82. The van der Waals surface area contributed by atoms with E-state index in [-0.39, 0.29) is 41.9 Å². The summed E-state index contributed by atoms with van der Waals surface area (Å²) in [5, 5.41) is 9.28. The molecule has 37 heavy (non-hydrogen) atoms. The molecular formula is C26H36N6O5. The normalized spacial score (nSPS) is 19.4. The summed E-state index contributed by atoms with van der Waals surface area (Å²) in [6.07, 6.45) is 2.25. The summed E-state index contributed by atoms with van der Waals surface area (Å²) >= 11 is 0. The molecule has 3 rings (SSSR count). The lowest BCUT2D eigenvalue weighted by Crippen LogP contribution is -2.52. The van der Waals surface area contributed by atoms with Crippen molar-refractivity contribution in [2.45, 2.75) is 71.6 Å². The van der Waals surface area contributed by atoms with Gasteiger partial charge in [0.15, 0.2) is 0 Å². The molecule has 1 fully saturated rings. The zero-order chi connectivity index (χ0) is 27.2. The number of alkyl carbamates (subject to hydrolysis) is 1. The van der Waals surface area contributed by atoms with E-state index in [4.69, 9.17) is 15.2 Å². The molecule has 11 heteroatoms. The fraction of sp³-hybridized carbons (Fsp3) is 0.500. The van der Waals surface area contributed by atoms with E-state index in [0.29, 0.717) is 19.3 Å². The maximum absolute atomic E-state index is 12.6. The lowest BCUT2D eigenvalue weighted by atomic mass is 9.82. The molecule has 1 saturated carbocycles. The highest BCUT2D eigenvalue weighted by Crippen LogP contribution is 2.29. The third kappa shape index (κ3) is 8.06. The van der Waals surface area contributed by atoms with E-state index in [0.717, 1.165) is 11.3 Å². The molecule has 5 N–H and O–H groups in total. The zero-order valence-corrected chi connectivity index (χ0v) is 22.0. The molecular weight excluding hydrogens is 476 g/mol. The number of rotatable bonds is 8. The first kappa shape index (κ1) is 27.7. The van der Waals surface area contributed by atoms with Crippen LogP contribution in [0.3, 0.4) is 0 Å². The summed E-state index contributed by atoms with van der Waals surface area (Å²) in [5.41, 5.74) is 6.79. The van der Waals surface area contributed by atoms with Crippen molar-refractivity contribution in [2.75, 3.05) is 17.2 Å². The number of nitrogens with one attached hydrogen (secondary N) is 3. The minimum atomic E-state index is -0.674. The van der Waals surface area contributed by atoms with Crippen LogP contribution in [0.4, 0.5) is 22.2 Å². The highest BCUT2D eigenvalue weighted by molar-refractivity contribution is 5.98. The standard InChI is InChI=1S/C26H36N6O5/c1-6-36-23(34)16-10-11-19(20(13-16)31-25(35)37-26(3,4)5)30-24-28-14-18(21(27)33)22(32-24)29-17-9-7-8-15(2)12-17/h7-9,12,14,16,19-20H,6,10-11,13H2,1-5H3,(H2,27,33)(H,31,35)(H2,28,29,30,32). The molecule has 3 unspecified atom stereocenters. The fourth-order valence-corrected chi connectivity index (χ4v) is 4.19. The van der Waals surface area contributed by atoms with Crippen molar-refractivity contribution in [1.29, 1.82) is 0 Å². The van der Waals surface area contributed by atoms with Crippen molar-refractivity contribution >= 4 is 35.4 Å². The van der Waals surface area contributed by atoms with Crippen LogP contribution < -0.4 is 21.7 Å². The van der Waals surface area contributed by atoms with Gasteiger partial charge in [-0.2, -0.15) is 4.98 Å². The topological polar surface area (TPSA) is 158 Å². The minimum Gasteiger partial charge on any atom is -0.466 e. The van der Waals surface area contributed by atoms with Crippen LogP contribution in [0.25, 0.3) is 0 Å². The average Bonchev–Trinajstić information content (AvgIpc) is 2.79. The summed E-state index contributed by atoms with van der Waals surface area (Å²) < 4.78 is 10.6. The van der Waals surface area contributed by atoms with E-state index in [2.05, 4.69) is 25.9 Å². The summed E-state index contributed by atoms with van der Waals surface area (Å²) in [5.74, 6) is -0.803. The van der Waals surface area contributed by atoms with Crippen molar-refractivity contribution in [2.24, 2.45) is 11.7 Å². The highest BCUT2D eigenvalue weighted by atomic mass is 16.6. The molecule has 0 saturated heterocycles. The summed E-state index contributed by atoms with van der Waals surface area (Å²) in [7, 11) is 0. The lowest BCUT2D eigenvalue weighted by Gasteiger charge is -2.36. The van der Waals surface area contributed by atoms with Crippen LogP contribution in [0.2, 0.25) is 0 Å². The number of benzene rings is 1. The maximum atomic E-state index is 12.6. The number of carbonyl (C=O) groups is 3. The number of ether oxygens (including phenoxy) is 2. The minimum absolute atomic E-state index is 0.140. The molecule has 1 aliphatic rings. The van der Waals surface area contributed by atoms with Crippen LogP contribution in [0.1, 0.15) is 62.9 Å². The van der Waals surface area contributed by atoms with Gasteiger partial charge in [0.05, 0.1) is 18.6 Å². The van der Waals surface area contributed by atoms with Crippen molar-refractivity contribution < 1.29 is 23.9 Å². The van der Waals surface area contributed by atoms with Gasteiger partial charge in [-0.05, 0) is 71.6 Å². The zero-order valence-electron chi connectivity index (χ0n) is 22.0. The number of carbonyl (C=O) groups excluding carboxylic acids is 3. The van der Waals surface area contributed by atoms with Crippen LogP contribution in [-0.2, 0) is 14.3 Å². The van der Waals surface area contributed by atoms with Crippen molar-refractivity contribution in [3.8, 4) is 0 Å². The molecule has 1 aromatic carbocycles. The van der Waals surface area contributed by atoms with E-state index in [1.54, 1.807) is 27.7 Å². The molecule has 0 aliphatic heterocycles. The van der Waals surface area contributed by atoms with Crippen LogP contribution in [0.15, 0.2) is 30.5 Å². The number of primary amides is 1. The molecule has 3 atom stereocenters. The van der Waals surface area contributed by atoms with Gasteiger partial charge in [-0.25, -0.2) is 9.78 Å². The number of aromatic nitrogens is 2. The number of anilines is 3. The Kier molecular flexibility index (Phi) is 8.90. The molecule has 1 aromatic heterocycles. The number of aryl methyl sites for hydroxylation is 1. The summed E-state index contributed by atoms with van der Waals surface area (Å²) in [6, 6.07) is 6.85. The van der Waals surface area contributed by atoms with Gasteiger partial charge in [-0.15, -0.1) is 0 Å². The number of hydrogen-bond donors (Lipinski definition) is 4. The number of amides is 2. The third-order valence-corrected chi connectivity index (χ3v) is 5.82. The quantitative estimate of drug-likeness (QED) is 0.387. The molecule has 2 amide bonds. The predicted octanol–water partition coefficient (Wildman–Crippen LogP) is 3.66. The lowest BCUT2D eigenvalue weighted by molar-refractivity contribution is -0.149. The second kappa shape index (κ2) is 11.9. The van der Waals surface area contributed by atoms with Crippen LogP contribution in [0, 0.1) is 12.8 Å². The number of nitrogens with zero attached hydrogens (tertiary/aromatic N) is 2. The Labute approximate surface area is 216 Å². The van der Waals surface area contributed by atoms with Crippen LogP contribution >= 0.6 is 0 Å². The molecule has 2 aromatic rings. The SMILES string of the molecule is CCOC(=O)C1CCC(Nc2ncc(C(N)=O)c(Nc3cccc(C)c3)n2)C(NC(=O)OC(C)(C)C)C1. The molecule has 0 radical (unpaired) electrons. The summed E-state index contributed by atoms with van der Waals surface area (Å²) in [6.45, 7) is 9.34. The predicted molar refractivity (Wildman–Crippen MR) is 140 cm³/mol. The number of esters is 1. The molecule has 11 nitrogen and oxygen atoms in total. The highest BCUT2D eigenvalue weighted by Gasteiger charge is 2.37. The number of nitrogens with two attached hydrogens (primary N) is 1. The first-order valence-electron chi connectivity index (χ1n) is 12.4. The van der Waals surface area contributed by atoms with Crippen LogP contribution in [0.5, 0.6) is 0 Å². The Morgan fingerprint density at radius 1 is 1.16 bits per heavy atom. The van der Waals surface area contributed by atoms with Gasteiger partial charge in [0.1, 0.15) is 17.0 Å². The first-order valence-corrected chi connectivity index (χ1v) is 12.4. The van der Waals surface area contributed by atoms with Gasteiger partial charge in [-0.1, -0.05) is 12.1 Å². The van der Waals surface area contributed by atoms with Crippen molar-refractivity contribution in [1.82, 2.24) is 15.3 Å². The monoisotopic (exact) mass is 512 g/mol. The molecule has 0 spiro atoms. The largest absolute Gasteiger partial charge is 0.466 e. The fourth-order valence-electron chi connectivity index (χ4n) is 4.19. The van der Waals surface area contributed by atoms with E-state index in [1.807, 2.05) is 31.2 Å². The smallest absolute Gasteiger partial charge is 0.407 e. The Morgan fingerprint density at radius 3 is 2.57 bits per heavy atom. The Morgan fingerprint density at radius 2 is 1.92 bits per heavy atom. The summed E-state index contributed by atoms with van der Waals surface area (Å²) in [4.78, 5) is 45.7. The molecule has 1 heterocycles. The molecule has 1 aliphatic carbocycles. The van der Waals surface area contributed by atoms with E-state index < -0.39 is 23.6 Å². The van der Waals surface area contributed by atoms with Gasteiger partial charge >= 0.3 is 12.1 Å². The molecule has 200 valence electrons. The Balaban J connectivity index is 1.83. The Hall–Kier alpha value is -3.89. The van der Waals surface area contributed by atoms with Gasteiger partial charge in [0.2, 0.25) is 5.95 Å². The average molecular weight is 513 g/mol. The Bertz CT molecular complexity index is 1130. The molecule has 0 bridgehead atoms. The van der Waals surface area contributed by atoms with Gasteiger partial charge in [-0.3, -0.25) is 9.59 Å². The van der Waals surface area contributed by atoms with Crippen molar-refractivity contribution in [3.63, 3.8) is 0 Å². The van der Waals surface area contributed by atoms with Gasteiger partial charge in [0, 0.05) is 17.9 Å². The van der Waals surface area contributed by atoms with Gasteiger partial charge in [0.25, 0.3) is 5.91 Å². The van der Waals surface area contributed by atoms with E-state index >= 15 is 0 Å². The maximum Gasteiger partial charge on any atom is 0.407 e. The first-order chi connectivity index (χ1) is 17.4. The van der Waals surface area contributed by atoms with Gasteiger partial charge < -0.3 is 31.2 Å². The van der Waals surface area contributed by atoms with Crippen molar-refractivity contribution in [3.05, 3.63) is 41.6 Å². The van der Waals surface area contributed by atoms with E-state index in [9.17, 15) is 14.4 Å². The van der Waals surface area contributed by atoms with Crippen LogP contribution in [-0.4, -0.2) is 52.2 Å². The second-order valence-electron chi connectivity index (χ2n) is 10.1.